The lowest BCUT2D eigenvalue weighted by Gasteiger charge is -2.30. The van der Waals surface area contributed by atoms with Gasteiger partial charge in [-0.05, 0) is 32.9 Å². The summed E-state index contributed by atoms with van der Waals surface area (Å²) in [5, 5.41) is 3.01. The fourth-order valence-electron chi connectivity index (χ4n) is 2.38. The van der Waals surface area contributed by atoms with Crippen LogP contribution in [-0.2, 0) is 9.59 Å². The van der Waals surface area contributed by atoms with E-state index in [1.165, 1.54) is 11.8 Å². The molecule has 2 rings (SSSR count). The summed E-state index contributed by atoms with van der Waals surface area (Å²) < 4.78 is 5.43. The van der Waals surface area contributed by atoms with Gasteiger partial charge >= 0.3 is 0 Å². The Hall–Kier alpha value is -2.02. The van der Waals surface area contributed by atoms with E-state index in [-0.39, 0.29) is 18.2 Å². The molecular weight excluding hydrogens is 326 g/mol. The number of hydrogen-bond acceptors (Lipinski definition) is 5. The van der Waals surface area contributed by atoms with Crippen LogP contribution < -0.4 is 10.1 Å². The number of carbonyl (C=O) groups is 2. The molecule has 1 atom stereocenters. The smallest absolute Gasteiger partial charge is 0.238 e. The molecule has 0 saturated carbocycles. The molecule has 1 aliphatic heterocycles. The Labute approximate surface area is 146 Å². The van der Waals surface area contributed by atoms with E-state index in [0.717, 1.165) is 0 Å². The van der Waals surface area contributed by atoms with Gasteiger partial charge in [-0.15, -0.1) is 0 Å². The molecule has 0 aliphatic carbocycles. The van der Waals surface area contributed by atoms with Crippen LogP contribution in [0.5, 0.6) is 5.75 Å². The minimum absolute atomic E-state index is 0.0633. The number of ether oxygens (including phenoxy) is 1. The molecular formula is C17H23N3O3S. The molecule has 1 saturated heterocycles. The van der Waals surface area contributed by atoms with Crippen molar-refractivity contribution in [3.05, 3.63) is 24.3 Å². The van der Waals surface area contributed by atoms with Crippen molar-refractivity contribution in [2.24, 2.45) is 4.99 Å². The SMILES string of the molecule is CCN=C1S[C@H](C(=O)Nc2cccc(OCC)c2)CC(=O)N1CC. The molecule has 0 unspecified atom stereocenters. The molecule has 130 valence electrons. The molecule has 6 nitrogen and oxygen atoms in total. The molecule has 1 aliphatic rings. The van der Waals surface area contributed by atoms with Gasteiger partial charge in [0.25, 0.3) is 0 Å². The summed E-state index contributed by atoms with van der Waals surface area (Å²) >= 11 is 1.35. The summed E-state index contributed by atoms with van der Waals surface area (Å²) in [5.41, 5.74) is 0.658. The quantitative estimate of drug-likeness (QED) is 0.857. The third kappa shape index (κ3) is 4.50. The minimum Gasteiger partial charge on any atom is -0.494 e. The van der Waals surface area contributed by atoms with E-state index in [4.69, 9.17) is 4.74 Å². The van der Waals surface area contributed by atoms with Gasteiger partial charge in [0.1, 0.15) is 11.0 Å². The average molecular weight is 349 g/mol. The average Bonchev–Trinajstić information content (AvgIpc) is 2.55. The number of nitrogens with zero attached hydrogens (tertiary/aromatic N) is 2. The lowest BCUT2D eigenvalue weighted by atomic mass is 10.2. The highest BCUT2D eigenvalue weighted by atomic mass is 32.2. The summed E-state index contributed by atoms with van der Waals surface area (Å²) in [5.74, 6) is 0.446. The van der Waals surface area contributed by atoms with Gasteiger partial charge < -0.3 is 10.1 Å². The standard InChI is InChI=1S/C17H23N3O3S/c1-4-18-17-20(5-2)15(21)11-14(24-17)16(22)19-12-8-7-9-13(10-12)23-6-3/h7-10,14H,4-6,11H2,1-3H3,(H,19,22)/t14-/m0/s1. The first-order valence-electron chi connectivity index (χ1n) is 8.14. The van der Waals surface area contributed by atoms with E-state index < -0.39 is 5.25 Å². The zero-order valence-corrected chi connectivity index (χ0v) is 15.1. The lowest BCUT2D eigenvalue weighted by Crippen LogP contribution is -2.45. The normalized spacial score (nSPS) is 19.5. The van der Waals surface area contributed by atoms with E-state index >= 15 is 0 Å². The molecule has 0 spiro atoms. The van der Waals surface area contributed by atoms with E-state index in [0.29, 0.717) is 36.3 Å². The van der Waals surface area contributed by atoms with Crippen LogP contribution in [0.4, 0.5) is 5.69 Å². The van der Waals surface area contributed by atoms with Crippen LogP contribution >= 0.6 is 11.8 Å². The number of thioether (sulfide) groups is 1. The second-order valence-corrected chi connectivity index (χ2v) is 6.33. The van der Waals surface area contributed by atoms with Crippen LogP contribution in [0.2, 0.25) is 0 Å². The van der Waals surface area contributed by atoms with Crippen molar-refractivity contribution in [1.29, 1.82) is 0 Å². The van der Waals surface area contributed by atoms with Crippen LogP contribution in [0, 0.1) is 0 Å². The summed E-state index contributed by atoms with van der Waals surface area (Å²) in [7, 11) is 0. The molecule has 0 radical (unpaired) electrons. The molecule has 0 bridgehead atoms. The molecule has 0 aromatic heterocycles. The van der Waals surface area contributed by atoms with Crippen LogP contribution in [0.15, 0.2) is 29.3 Å². The van der Waals surface area contributed by atoms with E-state index in [9.17, 15) is 9.59 Å². The Morgan fingerprint density at radius 2 is 2.21 bits per heavy atom. The van der Waals surface area contributed by atoms with Gasteiger partial charge in [0.2, 0.25) is 11.8 Å². The predicted octanol–water partition coefficient (Wildman–Crippen LogP) is 2.75. The second-order valence-electron chi connectivity index (χ2n) is 5.16. The number of hydrogen-bond donors (Lipinski definition) is 1. The second kappa shape index (κ2) is 8.73. The first kappa shape index (κ1) is 18.3. The van der Waals surface area contributed by atoms with Crippen LogP contribution in [0.3, 0.4) is 0 Å². The van der Waals surface area contributed by atoms with Crippen molar-refractivity contribution in [3.8, 4) is 5.75 Å². The van der Waals surface area contributed by atoms with E-state index in [1.54, 1.807) is 17.0 Å². The van der Waals surface area contributed by atoms with Gasteiger partial charge in [-0.25, -0.2) is 0 Å². The number of nitrogens with one attached hydrogen (secondary N) is 1. The molecule has 7 heteroatoms. The fourth-order valence-corrected chi connectivity index (χ4v) is 3.58. The Kier molecular flexibility index (Phi) is 6.66. The number of amides is 2. The van der Waals surface area contributed by atoms with E-state index in [1.807, 2.05) is 32.9 Å². The molecule has 1 fully saturated rings. The van der Waals surface area contributed by atoms with Gasteiger partial charge in [-0.2, -0.15) is 0 Å². The first-order valence-corrected chi connectivity index (χ1v) is 9.02. The third-order valence-electron chi connectivity index (χ3n) is 3.45. The number of anilines is 1. The zero-order chi connectivity index (χ0) is 17.5. The maximum Gasteiger partial charge on any atom is 0.238 e. The predicted molar refractivity (Wildman–Crippen MR) is 97.6 cm³/mol. The van der Waals surface area contributed by atoms with Gasteiger partial charge in [-0.3, -0.25) is 19.5 Å². The summed E-state index contributed by atoms with van der Waals surface area (Å²) in [6.07, 6.45) is 0.179. The topological polar surface area (TPSA) is 71.0 Å². The fraction of sp³-hybridized carbons (Fsp3) is 0.471. The molecule has 1 aromatic carbocycles. The van der Waals surface area contributed by atoms with Crippen LogP contribution in [-0.4, -0.2) is 46.8 Å². The summed E-state index contributed by atoms with van der Waals surface area (Å²) in [6.45, 7) is 7.43. The molecule has 2 amide bonds. The highest BCUT2D eigenvalue weighted by Crippen LogP contribution is 2.28. The van der Waals surface area contributed by atoms with Crippen molar-refractivity contribution in [2.45, 2.75) is 32.4 Å². The Morgan fingerprint density at radius 1 is 1.42 bits per heavy atom. The number of aliphatic imine (C=N–C) groups is 1. The maximum atomic E-state index is 12.5. The number of benzene rings is 1. The monoisotopic (exact) mass is 349 g/mol. The number of carbonyl (C=O) groups excluding carboxylic acids is 2. The lowest BCUT2D eigenvalue weighted by molar-refractivity contribution is -0.129. The van der Waals surface area contributed by atoms with Gasteiger partial charge in [0.05, 0.1) is 6.61 Å². The van der Waals surface area contributed by atoms with Gasteiger partial charge in [0.15, 0.2) is 5.17 Å². The highest BCUT2D eigenvalue weighted by molar-refractivity contribution is 8.15. The Bertz CT molecular complexity index is 633. The van der Waals surface area contributed by atoms with Crippen molar-refractivity contribution in [1.82, 2.24) is 4.90 Å². The van der Waals surface area contributed by atoms with Crippen LogP contribution in [0.25, 0.3) is 0 Å². The van der Waals surface area contributed by atoms with Crippen molar-refractivity contribution < 1.29 is 14.3 Å². The van der Waals surface area contributed by atoms with Crippen LogP contribution in [0.1, 0.15) is 27.2 Å². The van der Waals surface area contributed by atoms with Crippen molar-refractivity contribution in [3.63, 3.8) is 0 Å². The van der Waals surface area contributed by atoms with E-state index in [2.05, 4.69) is 10.3 Å². The summed E-state index contributed by atoms with van der Waals surface area (Å²) in [4.78, 5) is 30.8. The Balaban J connectivity index is 2.08. The first-order chi connectivity index (χ1) is 11.6. The largest absolute Gasteiger partial charge is 0.494 e. The molecule has 1 heterocycles. The van der Waals surface area contributed by atoms with Gasteiger partial charge in [-0.1, -0.05) is 17.8 Å². The number of amidine groups is 1. The molecule has 1 N–H and O–H groups in total. The van der Waals surface area contributed by atoms with Crippen molar-refractivity contribution in [2.75, 3.05) is 25.0 Å². The highest BCUT2D eigenvalue weighted by Gasteiger charge is 2.34. The molecule has 24 heavy (non-hydrogen) atoms. The summed E-state index contributed by atoms with van der Waals surface area (Å²) in [6, 6.07) is 7.23. The zero-order valence-electron chi connectivity index (χ0n) is 14.2. The third-order valence-corrected chi connectivity index (χ3v) is 4.68. The van der Waals surface area contributed by atoms with Gasteiger partial charge in [0, 0.05) is 31.3 Å². The minimum atomic E-state index is -0.471. The van der Waals surface area contributed by atoms with Crippen molar-refractivity contribution >= 4 is 34.4 Å². The maximum absolute atomic E-state index is 12.5. The number of rotatable bonds is 6. The molecule has 1 aromatic rings. The Morgan fingerprint density at radius 3 is 2.88 bits per heavy atom.